The molecular weight excluding hydrogens is 473 g/mol. The minimum absolute atomic E-state index is 0.0341. The molecule has 0 fully saturated rings. The molecule has 4 rings (SSSR count). The van der Waals surface area contributed by atoms with Crippen molar-refractivity contribution in [2.45, 2.75) is 20.4 Å². The van der Waals surface area contributed by atoms with E-state index in [-0.39, 0.29) is 17.9 Å². The summed E-state index contributed by atoms with van der Waals surface area (Å²) in [4.78, 5) is 31.8. The van der Waals surface area contributed by atoms with Gasteiger partial charge in [0.2, 0.25) is 5.82 Å². The number of benzene rings is 3. The molecule has 1 heterocycles. The Hall–Kier alpha value is -4.63. The summed E-state index contributed by atoms with van der Waals surface area (Å²) < 4.78 is 20.1. The normalized spacial score (nSPS) is 10.7. The van der Waals surface area contributed by atoms with Crippen molar-refractivity contribution in [1.29, 1.82) is 0 Å². The molecule has 0 aliphatic heterocycles. The number of methoxy groups -OCH3 is 1. The van der Waals surface area contributed by atoms with Gasteiger partial charge in [-0.25, -0.2) is 14.4 Å². The zero-order valence-corrected chi connectivity index (χ0v) is 20.6. The lowest BCUT2D eigenvalue weighted by Gasteiger charge is -2.17. The van der Waals surface area contributed by atoms with Crippen molar-refractivity contribution < 1.29 is 18.7 Å². The van der Waals surface area contributed by atoms with Crippen LogP contribution in [0.15, 0.2) is 60.9 Å². The van der Waals surface area contributed by atoms with Crippen LogP contribution >= 0.6 is 0 Å². The number of halogens is 1. The monoisotopic (exact) mass is 499 g/mol. The van der Waals surface area contributed by atoms with E-state index in [0.717, 1.165) is 27.8 Å². The number of nitrogens with two attached hydrogens (primary N) is 2. The summed E-state index contributed by atoms with van der Waals surface area (Å²) in [5.74, 6) is -1.32. The maximum Gasteiger partial charge on any atom is 0.293 e. The molecule has 3 aromatic carbocycles. The molecule has 0 saturated carbocycles. The number of aromatic nitrogens is 2. The number of amides is 2. The fourth-order valence-corrected chi connectivity index (χ4v) is 4.20. The molecule has 2 amide bonds. The van der Waals surface area contributed by atoms with Gasteiger partial charge in [-0.05, 0) is 65.4 Å². The highest BCUT2D eigenvalue weighted by molar-refractivity contribution is 6.03. The second kappa shape index (κ2) is 10.5. The zero-order chi connectivity index (χ0) is 26.7. The molecule has 37 heavy (non-hydrogen) atoms. The average molecular weight is 500 g/mol. The van der Waals surface area contributed by atoms with Gasteiger partial charge in [-0.15, -0.1) is 0 Å². The van der Waals surface area contributed by atoms with Crippen molar-refractivity contribution >= 4 is 17.5 Å². The first-order chi connectivity index (χ1) is 17.7. The summed E-state index contributed by atoms with van der Waals surface area (Å²) in [6.07, 6.45) is 2.42. The summed E-state index contributed by atoms with van der Waals surface area (Å²) in [6.45, 7) is 3.89. The lowest BCUT2D eigenvalue weighted by molar-refractivity contribution is 0.0990. The smallest absolute Gasteiger partial charge is 0.293 e. The predicted molar refractivity (Wildman–Crippen MR) is 140 cm³/mol. The molecule has 8 nitrogen and oxygen atoms in total. The first-order valence-corrected chi connectivity index (χ1v) is 11.4. The summed E-state index contributed by atoms with van der Waals surface area (Å²) in [5.41, 5.74) is 17.0. The van der Waals surface area contributed by atoms with Crippen LogP contribution in [0.25, 0.3) is 22.3 Å². The highest BCUT2D eigenvalue weighted by Crippen LogP contribution is 2.37. The van der Waals surface area contributed by atoms with Crippen molar-refractivity contribution in [2.24, 2.45) is 11.5 Å². The van der Waals surface area contributed by atoms with E-state index in [1.807, 2.05) is 44.2 Å². The van der Waals surface area contributed by atoms with E-state index in [1.165, 1.54) is 25.6 Å². The van der Waals surface area contributed by atoms with Crippen LogP contribution in [-0.2, 0) is 6.54 Å². The summed E-state index contributed by atoms with van der Waals surface area (Å²) in [7, 11) is 1.49. The largest absolute Gasteiger partial charge is 0.496 e. The summed E-state index contributed by atoms with van der Waals surface area (Å²) in [5, 5.41) is 2.83. The van der Waals surface area contributed by atoms with Gasteiger partial charge in [0.1, 0.15) is 11.6 Å². The number of hydrogen-bond acceptors (Lipinski definition) is 6. The Kier molecular flexibility index (Phi) is 7.26. The highest BCUT2D eigenvalue weighted by Gasteiger charge is 2.17. The van der Waals surface area contributed by atoms with Gasteiger partial charge in [0.05, 0.1) is 12.7 Å². The number of carbonyl (C=O) groups excluding carboxylic acids is 2. The maximum atomic E-state index is 14.7. The van der Waals surface area contributed by atoms with Crippen LogP contribution < -0.4 is 21.5 Å². The van der Waals surface area contributed by atoms with Gasteiger partial charge in [0.15, 0.2) is 0 Å². The van der Waals surface area contributed by atoms with Crippen molar-refractivity contribution in [1.82, 2.24) is 9.97 Å². The van der Waals surface area contributed by atoms with Gasteiger partial charge >= 0.3 is 0 Å². The van der Waals surface area contributed by atoms with E-state index in [4.69, 9.17) is 16.2 Å². The van der Waals surface area contributed by atoms with Crippen LogP contribution in [-0.4, -0.2) is 28.9 Å². The van der Waals surface area contributed by atoms with Gasteiger partial charge in [-0.2, -0.15) is 0 Å². The van der Waals surface area contributed by atoms with E-state index in [9.17, 15) is 14.0 Å². The standard InChI is InChI=1S/C28H26FN5O3/c1-15-19(17-10-23(29)22(12-30)25(11-17)37-3)6-4-7-20(15)21-8-5-9-24(16(21)2)34-28(36)27-32-13-18(14-33-27)26(31)35/h4-11,13-14H,12,30H2,1-3H3,(H2,31,35)(H,34,36). The molecule has 0 spiro atoms. The molecule has 188 valence electrons. The first kappa shape index (κ1) is 25.5. The molecular formula is C28H26FN5O3. The van der Waals surface area contributed by atoms with Crippen molar-refractivity contribution in [3.8, 4) is 28.0 Å². The lowest BCUT2D eigenvalue weighted by Crippen LogP contribution is -2.18. The Morgan fingerprint density at radius 3 is 2.22 bits per heavy atom. The fraction of sp³-hybridized carbons (Fsp3) is 0.143. The Morgan fingerprint density at radius 1 is 0.973 bits per heavy atom. The second-order valence-electron chi connectivity index (χ2n) is 8.41. The molecule has 0 radical (unpaired) electrons. The van der Waals surface area contributed by atoms with Crippen LogP contribution in [0.4, 0.5) is 10.1 Å². The number of rotatable bonds is 7. The highest BCUT2D eigenvalue weighted by atomic mass is 19.1. The van der Waals surface area contributed by atoms with Crippen LogP contribution in [0.5, 0.6) is 5.75 Å². The van der Waals surface area contributed by atoms with Gasteiger partial charge in [-0.3, -0.25) is 9.59 Å². The third-order valence-corrected chi connectivity index (χ3v) is 6.23. The van der Waals surface area contributed by atoms with E-state index in [0.29, 0.717) is 22.6 Å². The van der Waals surface area contributed by atoms with Crippen LogP contribution in [0.3, 0.4) is 0 Å². The average Bonchev–Trinajstić information content (AvgIpc) is 2.89. The van der Waals surface area contributed by atoms with Crippen LogP contribution in [0.1, 0.15) is 37.7 Å². The van der Waals surface area contributed by atoms with Crippen molar-refractivity contribution in [3.63, 3.8) is 0 Å². The van der Waals surface area contributed by atoms with E-state index in [1.54, 1.807) is 12.1 Å². The zero-order valence-electron chi connectivity index (χ0n) is 20.6. The minimum atomic E-state index is -0.676. The van der Waals surface area contributed by atoms with E-state index in [2.05, 4.69) is 15.3 Å². The summed E-state index contributed by atoms with van der Waals surface area (Å²) >= 11 is 0. The second-order valence-corrected chi connectivity index (χ2v) is 8.41. The van der Waals surface area contributed by atoms with Gasteiger partial charge in [-0.1, -0.05) is 30.3 Å². The topological polar surface area (TPSA) is 133 Å². The first-order valence-electron chi connectivity index (χ1n) is 11.4. The number of nitrogens with one attached hydrogen (secondary N) is 1. The fourth-order valence-electron chi connectivity index (χ4n) is 4.20. The molecule has 0 aliphatic rings. The minimum Gasteiger partial charge on any atom is -0.496 e. The molecule has 5 N–H and O–H groups in total. The number of hydrogen-bond donors (Lipinski definition) is 3. The lowest BCUT2D eigenvalue weighted by atomic mass is 9.90. The van der Waals surface area contributed by atoms with Crippen LogP contribution in [0, 0.1) is 19.7 Å². The molecule has 0 unspecified atom stereocenters. The Morgan fingerprint density at radius 2 is 1.59 bits per heavy atom. The Balaban J connectivity index is 1.70. The molecule has 4 aromatic rings. The molecule has 0 bridgehead atoms. The van der Waals surface area contributed by atoms with Crippen molar-refractivity contribution in [2.75, 3.05) is 12.4 Å². The number of anilines is 1. The quantitative estimate of drug-likeness (QED) is 0.345. The number of nitrogens with zero attached hydrogens (tertiary/aromatic N) is 2. The van der Waals surface area contributed by atoms with E-state index < -0.39 is 17.6 Å². The number of primary amides is 1. The molecule has 0 saturated heterocycles. The third-order valence-electron chi connectivity index (χ3n) is 6.23. The maximum absolute atomic E-state index is 14.7. The molecule has 1 aromatic heterocycles. The predicted octanol–water partition coefficient (Wildman–Crippen LogP) is 4.39. The molecule has 0 atom stereocenters. The van der Waals surface area contributed by atoms with E-state index >= 15 is 0 Å². The van der Waals surface area contributed by atoms with Crippen LogP contribution in [0.2, 0.25) is 0 Å². The summed E-state index contributed by atoms with van der Waals surface area (Å²) in [6, 6.07) is 14.6. The van der Waals surface area contributed by atoms with Gasteiger partial charge in [0.25, 0.3) is 11.8 Å². The SMILES string of the molecule is COc1cc(-c2cccc(-c3cccc(NC(=O)c4ncc(C(N)=O)cn4)c3C)c2C)cc(F)c1CN. The molecule has 0 aliphatic carbocycles. The van der Waals surface area contributed by atoms with Gasteiger partial charge in [0, 0.05) is 30.2 Å². The Labute approximate surface area is 213 Å². The molecule has 9 heteroatoms. The third kappa shape index (κ3) is 5.03. The number of ether oxygens (including phenoxy) is 1. The van der Waals surface area contributed by atoms with Gasteiger partial charge < -0.3 is 21.5 Å². The Bertz CT molecular complexity index is 1500. The van der Waals surface area contributed by atoms with Crippen molar-refractivity contribution in [3.05, 3.63) is 94.8 Å². The number of carbonyl (C=O) groups is 2.